The highest BCUT2D eigenvalue weighted by atomic mass is 32.1. The topological polar surface area (TPSA) is 55.4 Å². The molecule has 260 valence electrons. The first-order valence-corrected chi connectivity index (χ1v) is 13.3. The second-order valence-electron chi connectivity index (χ2n) is 11.1. The maximum Gasteiger partial charge on any atom is 0.393 e. The van der Waals surface area contributed by atoms with Gasteiger partial charge >= 0.3 is 59.8 Å². The van der Waals surface area contributed by atoms with E-state index in [1.54, 1.807) is 20.8 Å². The van der Waals surface area contributed by atoms with Gasteiger partial charge in [0.25, 0.3) is 0 Å². The lowest BCUT2D eigenvalue weighted by molar-refractivity contribution is -0.443. The van der Waals surface area contributed by atoms with Gasteiger partial charge in [0.15, 0.2) is 0 Å². The van der Waals surface area contributed by atoms with Crippen LogP contribution in [0.3, 0.4) is 0 Å². The molecule has 45 heavy (non-hydrogen) atoms. The summed E-state index contributed by atoms with van der Waals surface area (Å²) in [6.45, 7) is 6.30. The first-order valence-electron chi connectivity index (χ1n) is 12.4. The molecular formula is C24H23F16NO3S. The van der Waals surface area contributed by atoms with Crippen LogP contribution in [-0.2, 0) is 22.4 Å². The Morgan fingerprint density at radius 2 is 1.29 bits per heavy atom. The predicted molar refractivity (Wildman–Crippen MR) is 125 cm³/mol. The average Bonchev–Trinajstić information content (AvgIpc) is 3.24. The Morgan fingerprint density at radius 3 is 1.73 bits per heavy atom. The third-order valence-corrected chi connectivity index (χ3v) is 8.32. The third kappa shape index (κ3) is 5.82. The minimum absolute atomic E-state index is 0.0151. The van der Waals surface area contributed by atoms with Crippen LogP contribution in [0.1, 0.15) is 54.9 Å². The summed E-state index contributed by atoms with van der Waals surface area (Å²) in [5.41, 5.74) is -1.05. The molecule has 0 aliphatic heterocycles. The number of alkyl halides is 16. The lowest BCUT2D eigenvalue weighted by Crippen LogP contribution is -2.74. The number of rotatable bonds is 11. The highest BCUT2D eigenvalue weighted by Gasteiger charge is 2.94. The van der Waals surface area contributed by atoms with Crippen LogP contribution >= 0.6 is 11.3 Å². The molecule has 2 rings (SSSR count). The zero-order valence-corrected chi connectivity index (χ0v) is 24.0. The van der Waals surface area contributed by atoms with Crippen molar-refractivity contribution < 1.29 is 84.6 Å². The number of thiophene rings is 1. The van der Waals surface area contributed by atoms with E-state index in [-0.39, 0.29) is 41.2 Å². The molecule has 0 spiro atoms. The van der Waals surface area contributed by atoms with Gasteiger partial charge in [-0.15, -0.1) is 11.3 Å². The number of ether oxygens (including phenoxy) is 1. The van der Waals surface area contributed by atoms with Crippen molar-refractivity contribution in [2.45, 2.75) is 94.8 Å². The number of carbonyl (C=O) groups is 2. The fourth-order valence-corrected chi connectivity index (χ4v) is 5.60. The lowest BCUT2D eigenvalue weighted by atomic mass is 9.72. The van der Waals surface area contributed by atoms with Crippen LogP contribution < -0.4 is 5.32 Å². The molecule has 1 atom stereocenters. The minimum Gasteiger partial charge on any atom is -0.462 e. The number of hydrogen-bond acceptors (Lipinski definition) is 4. The van der Waals surface area contributed by atoms with Gasteiger partial charge in [0.1, 0.15) is 5.00 Å². The van der Waals surface area contributed by atoms with E-state index in [1.165, 1.54) is 6.92 Å². The summed E-state index contributed by atoms with van der Waals surface area (Å²) in [5.74, 6) is -61.9. The van der Waals surface area contributed by atoms with E-state index >= 15 is 0 Å². The van der Waals surface area contributed by atoms with Gasteiger partial charge in [-0.2, -0.15) is 61.5 Å². The summed E-state index contributed by atoms with van der Waals surface area (Å²) in [6, 6.07) is 0. The monoisotopic (exact) mass is 709 g/mol. The molecule has 1 aliphatic rings. The molecule has 1 heterocycles. The molecule has 0 saturated carbocycles. The minimum atomic E-state index is -8.63. The van der Waals surface area contributed by atoms with Crippen LogP contribution in [0.2, 0.25) is 0 Å². The number of anilines is 1. The molecular weight excluding hydrogens is 686 g/mol. The number of fused-ring (bicyclic) bond motifs is 1. The van der Waals surface area contributed by atoms with Gasteiger partial charge < -0.3 is 10.1 Å². The standard InChI is InChI=1S/C24H23F16NO3S/c1-5-44-14(42)12-10-7-6-9(17(2,3)4)8-11(10)45-13(12)41-16(43)19(29,30)21(33,34)23(37,38)24(39,40)22(35,36)20(31,32)18(27,28)15(25)26/h9,15H,5-8H2,1-4H3,(H,41,43). The number of nitrogens with one attached hydrogen (secondary N) is 1. The van der Waals surface area contributed by atoms with Gasteiger partial charge in [0.2, 0.25) is 0 Å². The van der Waals surface area contributed by atoms with Crippen molar-refractivity contribution in [3.63, 3.8) is 0 Å². The summed E-state index contributed by atoms with van der Waals surface area (Å²) >= 11 is 0.297. The molecule has 4 nitrogen and oxygen atoms in total. The molecule has 0 fully saturated rings. The van der Waals surface area contributed by atoms with Gasteiger partial charge in [0, 0.05) is 4.88 Å². The van der Waals surface area contributed by atoms with Gasteiger partial charge in [-0.05, 0) is 43.1 Å². The van der Waals surface area contributed by atoms with Crippen LogP contribution in [0.25, 0.3) is 0 Å². The van der Waals surface area contributed by atoms with Crippen molar-refractivity contribution >= 4 is 28.2 Å². The summed E-state index contributed by atoms with van der Waals surface area (Å²) < 4.78 is 224. The fourth-order valence-electron chi connectivity index (χ4n) is 4.29. The van der Waals surface area contributed by atoms with Gasteiger partial charge in [-0.25, -0.2) is 13.6 Å². The van der Waals surface area contributed by atoms with Gasteiger partial charge in [-0.1, -0.05) is 20.8 Å². The van der Waals surface area contributed by atoms with Crippen molar-refractivity contribution in [1.29, 1.82) is 0 Å². The van der Waals surface area contributed by atoms with Crippen LogP contribution in [0.15, 0.2) is 0 Å². The normalized spacial score (nSPS) is 17.8. The molecule has 21 heteroatoms. The molecule has 0 bridgehead atoms. The second kappa shape index (κ2) is 11.6. The fraction of sp³-hybridized carbons (Fsp3) is 0.750. The second-order valence-corrected chi connectivity index (χ2v) is 12.2. The van der Waals surface area contributed by atoms with E-state index in [0.29, 0.717) is 17.8 Å². The first kappa shape index (κ1) is 38.7. The Hall–Kier alpha value is -2.48. The number of carbonyl (C=O) groups excluding carboxylic acids is 2. The Bertz CT molecular complexity index is 1290. The maximum atomic E-state index is 14.5. The highest BCUT2D eigenvalue weighted by molar-refractivity contribution is 7.17. The van der Waals surface area contributed by atoms with Crippen molar-refractivity contribution in [2.75, 3.05) is 11.9 Å². The predicted octanol–water partition coefficient (Wildman–Crippen LogP) is 8.73. The highest BCUT2D eigenvalue weighted by Crippen LogP contribution is 2.63. The van der Waals surface area contributed by atoms with Crippen molar-refractivity contribution in [3.05, 3.63) is 16.0 Å². The molecule has 1 unspecified atom stereocenters. The molecule has 0 radical (unpaired) electrons. The lowest BCUT2D eigenvalue weighted by Gasteiger charge is -2.42. The van der Waals surface area contributed by atoms with E-state index in [1.807, 2.05) is 0 Å². The van der Waals surface area contributed by atoms with E-state index in [0.717, 1.165) is 5.32 Å². The largest absolute Gasteiger partial charge is 0.462 e. The SMILES string of the molecule is CCOC(=O)c1c(NC(=O)C(F)(F)C(F)(F)C(F)(F)C(F)(F)C(F)(F)C(F)(F)C(F)(F)C(F)F)sc2c1CCC(C(C)(C)C)C2. The smallest absolute Gasteiger partial charge is 0.393 e. The number of hydrogen-bond donors (Lipinski definition) is 1. The maximum absolute atomic E-state index is 14.5. The van der Waals surface area contributed by atoms with E-state index in [2.05, 4.69) is 0 Å². The summed E-state index contributed by atoms with van der Waals surface area (Å²) in [5, 5.41) is -0.0900. The molecule has 1 aromatic rings. The van der Waals surface area contributed by atoms with Crippen LogP contribution in [0, 0.1) is 11.3 Å². The van der Waals surface area contributed by atoms with E-state index < -0.39 is 70.3 Å². The van der Waals surface area contributed by atoms with E-state index in [4.69, 9.17) is 4.74 Å². The molecule has 1 aromatic heterocycles. The molecule has 1 aliphatic carbocycles. The Labute approximate surface area is 247 Å². The summed E-state index contributed by atoms with van der Waals surface area (Å²) in [7, 11) is 0. The first-order chi connectivity index (χ1) is 19.9. The van der Waals surface area contributed by atoms with Crippen molar-refractivity contribution in [1.82, 2.24) is 0 Å². The average molecular weight is 709 g/mol. The molecule has 0 saturated heterocycles. The summed E-state index contributed by atoms with van der Waals surface area (Å²) in [4.78, 5) is 24.9. The third-order valence-electron chi connectivity index (χ3n) is 7.15. The Kier molecular flexibility index (Phi) is 10.0. The number of amides is 1. The zero-order chi connectivity index (χ0) is 35.6. The Balaban J connectivity index is 2.59. The van der Waals surface area contributed by atoms with Gasteiger partial charge in [0.05, 0.1) is 12.2 Å². The molecule has 1 N–H and O–H groups in total. The summed E-state index contributed by atoms with van der Waals surface area (Å²) in [6.07, 6.45) is -5.48. The number of esters is 1. The van der Waals surface area contributed by atoms with E-state index in [9.17, 15) is 79.8 Å². The van der Waals surface area contributed by atoms with Crippen LogP contribution in [0.4, 0.5) is 75.2 Å². The van der Waals surface area contributed by atoms with Gasteiger partial charge in [-0.3, -0.25) is 4.79 Å². The molecule has 1 amide bonds. The van der Waals surface area contributed by atoms with Crippen molar-refractivity contribution in [2.24, 2.45) is 11.3 Å². The quantitative estimate of drug-likeness (QED) is 0.185. The zero-order valence-electron chi connectivity index (χ0n) is 23.2. The number of halogens is 16. The van der Waals surface area contributed by atoms with Crippen molar-refractivity contribution in [3.8, 4) is 0 Å². The molecule has 0 aromatic carbocycles. The van der Waals surface area contributed by atoms with Crippen LogP contribution in [-0.4, -0.2) is 66.4 Å². The Morgan fingerprint density at radius 1 is 0.822 bits per heavy atom. The van der Waals surface area contributed by atoms with Crippen LogP contribution in [0.5, 0.6) is 0 Å².